The highest BCUT2D eigenvalue weighted by molar-refractivity contribution is 5.92. The molecule has 4 rings (SSSR count). The molecule has 184 valence electrons. The minimum Gasteiger partial charge on any atom is -0.478 e. The predicted molar refractivity (Wildman–Crippen MR) is 141 cm³/mol. The molecule has 6 nitrogen and oxygen atoms in total. The van der Waals surface area contributed by atoms with E-state index in [1.165, 1.54) is 24.3 Å². The van der Waals surface area contributed by atoms with Crippen LogP contribution in [0, 0.1) is 6.92 Å². The van der Waals surface area contributed by atoms with Crippen molar-refractivity contribution in [1.82, 2.24) is 0 Å². The molecule has 37 heavy (non-hydrogen) atoms. The second-order valence-electron chi connectivity index (χ2n) is 8.52. The van der Waals surface area contributed by atoms with Crippen molar-refractivity contribution < 1.29 is 29.0 Å². The Morgan fingerprint density at radius 3 is 1.70 bits per heavy atom. The van der Waals surface area contributed by atoms with Gasteiger partial charge >= 0.3 is 17.9 Å². The van der Waals surface area contributed by atoms with Crippen LogP contribution in [0.2, 0.25) is 0 Å². The topological polar surface area (TPSA) is 89.9 Å². The van der Waals surface area contributed by atoms with Crippen molar-refractivity contribution in [2.75, 3.05) is 0 Å². The van der Waals surface area contributed by atoms with Gasteiger partial charge in [-0.15, -0.1) is 0 Å². The van der Waals surface area contributed by atoms with E-state index in [0.717, 1.165) is 27.8 Å². The van der Waals surface area contributed by atoms with E-state index in [4.69, 9.17) is 14.6 Å². The van der Waals surface area contributed by atoms with Crippen molar-refractivity contribution in [3.63, 3.8) is 0 Å². The molecule has 0 saturated heterocycles. The van der Waals surface area contributed by atoms with E-state index in [1.807, 2.05) is 49.4 Å². The van der Waals surface area contributed by atoms with Gasteiger partial charge in [-0.2, -0.15) is 0 Å². The Hall–Kier alpha value is -4.97. The largest absolute Gasteiger partial charge is 0.478 e. The highest BCUT2D eigenvalue weighted by Gasteiger charge is 2.12. The van der Waals surface area contributed by atoms with Crippen molar-refractivity contribution >= 4 is 17.9 Å². The highest BCUT2D eigenvalue weighted by atomic mass is 16.5. The second kappa shape index (κ2) is 10.7. The first-order valence-electron chi connectivity index (χ1n) is 11.5. The molecule has 0 amide bonds. The van der Waals surface area contributed by atoms with Crippen LogP contribution < -0.4 is 9.47 Å². The number of esters is 2. The molecule has 0 aliphatic rings. The summed E-state index contributed by atoms with van der Waals surface area (Å²) in [7, 11) is 0. The van der Waals surface area contributed by atoms with Crippen LogP contribution in [0.1, 0.15) is 33.2 Å². The molecule has 0 aliphatic heterocycles. The summed E-state index contributed by atoms with van der Waals surface area (Å²) in [4.78, 5) is 35.3. The lowest BCUT2D eigenvalue weighted by molar-refractivity contribution is -0.130. The van der Waals surface area contributed by atoms with Gasteiger partial charge < -0.3 is 14.6 Å². The number of aryl methyl sites for hydroxylation is 1. The average molecular weight is 493 g/mol. The van der Waals surface area contributed by atoms with Crippen LogP contribution in [0.5, 0.6) is 11.5 Å². The summed E-state index contributed by atoms with van der Waals surface area (Å²) in [6.45, 7) is 6.98. The first kappa shape index (κ1) is 25.1. The Morgan fingerprint density at radius 2 is 1.16 bits per heavy atom. The zero-order chi connectivity index (χ0) is 26.5. The number of aromatic carboxylic acids is 1. The summed E-state index contributed by atoms with van der Waals surface area (Å²) in [5, 5.41) is 9.17. The minimum absolute atomic E-state index is 0.264. The van der Waals surface area contributed by atoms with Gasteiger partial charge in [0.05, 0.1) is 11.1 Å². The van der Waals surface area contributed by atoms with Crippen molar-refractivity contribution in [1.29, 1.82) is 0 Å². The standard InChI is InChI=1S/C31H24O6/c1-19(2)30(34)36-26-15-10-24(11-16-26)31(35)37-27-13-8-22(9-14-27)21-4-6-23(7-5-21)28-17-12-25(29(32)33)18-20(28)3/h4-18H,1H2,2-3H3,(H,32,33). The molecule has 0 heterocycles. The number of carboxylic acid groups (broad SMARTS) is 1. The zero-order valence-electron chi connectivity index (χ0n) is 20.4. The van der Waals surface area contributed by atoms with Gasteiger partial charge in [0.1, 0.15) is 11.5 Å². The molecule has 0 aliphatic carbocycles. The maximum absolute atomic E-state index is 12.5. The fraction of sp³-hybridized carbons (Fsp3) is 0.0645. The van der Waals surface area contributed by atoms with Gasteiger partial charge in [-0.25, -0.2) is 14.4 Å². The molecule has 0 radical (unpaired) electrons. The van der Waals surface area contributed by atoms with Crippen LogP contribution in [-0.4, -0.2) is 23.0 Å². The summed E-state index contributed by atoms with van der Waals surface area (Å²) in [5.41, 5.74) is 5.66. The third-order valence-electron chi connectivity index (χ3n) is 5.72. The summed E-state index contributed by atoms with van der Waals surface area (Å²) < 4.78 is 10.6. The van der Waals surface area contributed by atoms with Crippen molar-refractivity contribution in [2.45, 2.75) is 13.8 Å². The summed E-state index contributed by atoms with van der Waals surface area (Å²) >= 11 is 0. The molecule has 4 aromatic carbocycles. The van der Waals surface area contributed by atoms with E-state index in [0.29, 0.717) is 17.1 Å². The first-order chi connectivity index (χ1) is 17.7. The molecule has 0 atom stereocenters. The molecular weight excluding hydrogens is 468 g/mol. The van der Waals surface area contributed by atoms with Crippen LogP contribution in [-0.2, 0) is 4.79 Å². The Labute approximate surface area is 214 Å². The lowest BCUT2D eigenvalue weighted by Gasteiger charge is -2.10. The number of carbonyl (C=O) groups is 3. The number of carboxylic acids is 1. The second-order valence-corrected chi connectivity index (χ2v) is 8.52. The van der Waals surface area contributed by atoms with E-state index < -0.39 is 17.9 Å². The monoisotopic (exact) mass is 492 g/mol. The molecule has 0 bridgehead atoms. The third-order valence-corrected chi connectivity index (χ3v) is 5.72. The summed E-state index contributed by atoms with van der Waals surface area (Å²) in [5.74, 6) is -1.29. The Kier molecular flexibility index (Phi) is 7.30. The van der Waals surface area contributed by atoms with Crippen LogP contribution >= 0.6 is 0 Å². The molecule has 1 N–H and O–H groups in total. The number of hydrogen-bond donors (Lipinski definition) is 1. The van der Waals surface area contributed by atoms with E-state index in [1.54, 1.807) is 31.2 Å². The molecule has 4 aromatic rings. The number of hydrogen-bond acceptors (Lipinski definition) is 5. The van der Waals surface area contributed by atoms with Crippen molar-refractivity contribution in [3.8, 4) is 33.8 Å². The Bertz CT molecular complexity index is 1480. The van der Waals surface area contributed by atoms with Gasteiger partial charge in [0, 0.05) is 5.57 Å². The lowest BCUT2D eigenvalue weighted by Crippen LogP contribution is -2.10. The fourth-order valence-corrected chi connectivity index (χ4v) is 3.70. The molecule has 0 unspecified atom stereocenters. The Balaban J connectivity index is 1.41. The van der Waals surface area contributed by atoms with Gasteiger partial charge in [-0.05, 0) is 90.2 Å². The predicted octanol–water partition coefficient (Wildman–Crippen LogP) is 6.73. The number of carbonyl (C=O) groups excluding carboxylic acids is 2. The SMILES string of the molecule is C=C(C)C(=O)Oc1ccc(C(=O)Oc2ccc(-c3ccc(-c4ccc(C(=O)O)cc4C)cc3)cc2)cc1. The van der Waals surface area contributed by atoms with Crippen LogP contribution in [0.4, 0.5) is 0 Å². The van der Waals surface area contributed by atoms with Crippen molar-refractivity contribution in [3.05, 3.63) is 120 Å². The van der Waals surface area contributed by atoms with Crippen LogP contribution in [0.15, 0.2) is 103 Å². The van der Waals surface area contributed by atoms with Gasteiger partial charge in [0.15, 0.2) is 0 Å². The van der Waals surface area contributed by atoms with Crippen LogP contribution in [0.25, 0.3) is 22.3 Å². The first-order valence-corrected chi connectivity index (χ1v) is 11.5. The summed E-state index contributed by atoms with van der Waals surface area (Å²) in [6.07, 6.45) is 0. The van der Waals surface area contributed by atoms with Gasteiger partial charge in [-0.3, -0.25) is 0 Å². The number of benzene rings is 4. The smallest absolute Gasteiger partial charge is 0.343 e. The fourth-order valence-electron chi connectivity index (χ4n) is 3.70. The summed E-state index contributed by atoms with van der Waals surface area (Å²) in [6, 6.07) is 26.3. The number of rotatable bonds is 7. The highest BCUT2D eigenvalue weighted by Crippen LogP contribution is 2.29. The van der Waals surface area contributed by atoms with E-state index in [9.17, 15) is 14.4 Å². The number of ether oxygens (including phenoxy) is 2. The molecule has 0 spiro atoms. The molecule has 6 heteroatoms. The normalized spacial score (nSPS) is 10.4. The third kappa shape index (κ3) is 6.00. The lowest BCUT2D eigenvalue weighted by atomic mass is 9.96. The zero-order valence-corrected chi connectivity index (χ0v) is 20.4. The maximum Gasteiger partial charge on any atom is 0.343 e. The molecule has 0 fully saturated rings. The average Bonchev–Trinajstić information content (AvgIpc) is 2.89. The van der Waals surface area contributed by atoms with Crippen molar-refractivity contribution in [2.24, 2.45) is 0 Å². The maximum atomic E-state index is 12.5. The van der Waals surface area contributed by atoms with Crippen LogP contribution in [0.3, 0.4) is 0 Å². The van der Waals surface area contributed by atoms with Gasteiger partial charge in [0.2, 0.25) is 0 Å². The molecule has 0 aromatic heterocycles. The Morgan fingerprint density at radius 1 is 0.676 bits per heavy atom. The van der Waals surface area contributed by atoms with Gasteiger partial charge in [0.25, 0.3) is 0 Å². The quantitative estimate of drug-likeness (QED) is 0.175. The van der Waals surface area contributed by atoms with E-state index >= 15 is 0 Å². The van der Waals surface area contributed by atoms with Gasteiger partial charge in [-0.1, -0.05) is 49.0 Å². The molecular formula is C31H24O6. The minimum atomic E-state index is -0.946. The van der Waals surface area contributed by atoms with E-state index in [2.05, 4.69) is 6.58 Å². The van der Waals surface area contributed by atoms with E-state index in [-0.39, 0.29) is 11.1 Å². The molecule has 0 saturated carbocycles.